The summed E-state index contributed by atoms with van der Waals surface area (Å²) in [6.07, 6.45) is 0. The second kappa shape index (κ2) is 7.49. The summed E-state index contributed by atoms with van der Waals surface area (Å²) in [6, 6.07) is 17.7. The van der Waals surface area contributed by atoms with Crippen molar-refractivity contribution >= 4 is 17.5 Å². The van der Waals surface area contributed by atoms with E-state index in [2.05, 4.69) is 10.5 Å². The number of halogens is 1. The van der Waals surface area contributed by atoms with Crippen molar-refractivity contribution in [2.75, 3.05) is 36.4 Å². The monoisotopic (exact) mass is 366 g/mol. The summed E-state index contributed by atoms with van der Waals surface area (Å²) in [7, 11) is 0. The highest BCUT2D eigenvalue weighted by Gasteiger charge is 2.23. The first-order valence-electron chi connectivity index (χ1n) is 8.78. The second-order valence-corrected chi connectivity index (χ2v) is 6.30. The summed E-state index contributed by atoms with van der Waals surface area (Å²) in [5.41, 5.74) is 1.46. The van der Waals surface area contributed by atoms with Crippen LogP contribution in [0.1, 0.15) is 0 Å². The van der Waals surface area contributed by atoms with E-state index in [1.165, 1.54) is 6.07 Å². The summed E-state index contributed by atoms with van der Waals surface area (Å²) in [4.78, 5) is 16.1. The number of benzene rings is 2. The molecule has 2 amide bonds. The van der Waals surface area contributed by atoms with E-state index in [-0.39, 0.29) is 11.8 Å². The highest BCUT2D eigenvalue weighted by Crippen LogP contribution is 2.23. The summed E-state index contributed by atoms with van der Waals surface area (Å²) in [5.74, 6) is 0.720. The smallest absolute Gasteiger partial charge is 0.323 e. The number of rotatable bonds is 3. The molecule has 2 aromatic carbocycles. The highest BCUT2D eigenvalue weighted by atomic mass is 19.1. The summed E-state index contributed by atoms with van der Waals surface area (Å²) in [5, 5.41) is 6.67. The molecule has 0 unspecified atom stereocenters. The van der Waals surface area contributed by atoms with Crippen LogP contribution < -0.4 is 10.2 Å². The Morgan fingerprint density at radius 1 is 1.00 bits per heavy atom. The number of carbonyl (C=O) groups excluding carboxylic acids is 1. The Balaban J connectivity index is 1.35. The zero-order chi connectivity index (χ0) is 18.6. The molecule has 0 radical (unpaired) electrons. The van der Waals surface area contributed by atoms with Gasteiger partial charge in [0.25, 0.3) is 0 Å². The zero-order valence-corrected chi connectivity index (χ0v) is 14.6. The van der Waals surface area contributed by atoms with Gasteiger partial charge in [-0.3, -0.25) is 5.32 Å². The fraction of sp³-hybridized carbons (Fsp3) is 0.200. The van der Waals surface area contributed by atoms with Crippen molar-refractivity contribution in [1.82, 2.24) is 10.1 Å². The molecule has 1 saturated heterocycles. The minimum atomic E-state index is -0.244. The van der Waals surface area contributed by atoms with E-state index in [1.807, 2.05) is 41.3 Å². The van der Waals surface area contributed by atoms with Gasteiger partial charge < -0.3 is 14.3 Å². The molecule has 0 atom stereocenters. The van der Waals surface area contributed by atoms with Gasteiger partial charge in [0.05, 0.1) is 5.69 Å². The predicted octanol–water partition coefficient (Wildman–Crippen LogP) is 3.83. The minimum Gasteiger partial charge on any atom is -0.366 e. The lowest BCUT2D eigenvalue weighted by atomic mass is 10.2. The average molecular weight is 366 g/mol. The lowest BCUT2D eigenvalue weighted by Crippen LogP contribution is -2.50. The van der Waals surface area contributed by atoms with Crippen molar-refractivity contribution in [3.8, 4) is 11.3 Å². The number of anilines is 2. The standard InChI is InChI=1S/C20H19FN4O2/c21-16-8-4-5-9-17(16)24-10-12-25(13-11-24)20(26)22-19-14-18(27-23-19)15-6-2-1-3-7-15/h1-9,14H,10-13H2,(H,22,23,26). The molecule has 3 aromatic rings. The average Bonchev–Trinajstić information content (AvgIpc) is 3.18. The minimum absolute atomic E-state index is 0.240. The van der Waals surface area contributed by atoms with Crippen molar-refractivity contribution in [1.29, 1.82) is 0 Å². The third-order valence-corrected chi connectivity index (χ3v) is 4.56. The van der Waals surface area contributed by atoms with Crippen molar-refractivity contribution in [2.24, 2.45) is 0 Å². The van der Waals surface area contributed by atoms with Crippen LogP contribution in [0.2, 0.25) is 0 Å². The first-order chi connectivity index (χ1) is 13.2. The van der Waals surface area contributed by atoms with Crippen molar-refractivity contribution in [3.05, 3.63) is 66.5 Å². The number of piperazine rings is 1. The van der Waals surface area contributed by atoms with Gasteiger partial charge in [0.15, 0.2) is 11.6 Å². The van der Waals surface area contributed by atoms with Crippen molar-refractivity contribution in [3.63, 3.8) is 0 Å². The molecule has 27 heavy (non-hydrogen) atoms. The Morgan fingerprint density at radius 3 is 2.44 bits per heavy atom. The number of para-hydroxylation sites is 1. The van der Waals surface area contributed by atoms with Crippen LogP contribution in [0, 0.1) is 5.82 Å². The third-order valence-electron chi connectivity index (χ3n) is 4.56. The number of nitrogens with one attached hydrogen (secondary N) is 1. The molecule has 1 aromatic heterocycles. The molecule has 0 bridgehead atoms. The maximum atomic E-state index is 13.9. The number of hydrogen-bond acceptors (Lipinski definition) is 4. The number of carbonyl (C=O) groups is 1. The first-order valence-corrected chi connectivity index (χ1v) is 8.78. The SMILES string of the molecule is O=C(Nc1cc(-c2ccccc2)on1)N1CCN(c2ccccc2F)CC1. The molecular weight excluding hydrogens is 347 g/mol. The molecule has 0 saturated carbocycles. The van der Waals surface area contributed by atoms with E-state index in [1.54, 1.807) is 23.1 Å². The fourth-order valence-corrected chi connectivity index (χ4v) is 3.12. The van der Waals surface area contributed by atoms with E-state index in [0.29, 0.717) is 43.4 Å². The van der Waals surface area contributed by atoms with E-state index >= 15 is 0 Å². The number of amides is 2. The highest BCUT2D eigenvalue weighted by molar-refractivity contribution is 5.89. The van der Waals surface area contributed by atoms with E-state index in [9.17, 15) is 9.18 Å². The molecule has 138 valence electrons. The van der Waals surface area contributed by atoms with Crippen molar-refractivity contribution < 1.29 is 13.7 Å². The lowest BCUT2D eigenvalue weighted by molar-refractivity contribution is 0.208. The molecule has 0 aliphatic carbocycles. The Kier molecular flexibility index (Phi) is 4.74. The number of nitrogens with zero attached hydrogens (tertiary/aromatic N) is 3. The van der Waals surface area contributed by atoms with Crippen LogP contribution in [0.5, 0.6) is 0 Å². The van der Waals surface area contributed by atoms with Gasteiger partial charge in [-0.2, -0.15) is 0 Å². The molecule has 1 N–H and O–H groups in total. The van der Waals surface area contributed by atoms with Gasteiger partial charge >= 0.3 is 6.03 Å². The molecule has 1 aliphatic rings. The van der Waals surface area contributed by atoms with Gasteiger partial charge in [-0.15, -0.1) is 0 Å². The summed E-state index contributed by atoms with van der Waals surface area (Å²) in [6.45, 7) is 2.15. The molecule has 0 spiro atoms. The van der Waals surface area contributed by atoms with E-state index in [4.69, 9.17) is 4.52 Å². The van der Waals surface area contributed by atoms with Crippen LogP contribution in [0.3, 0.4) is 0 Å². The maximum Gasteiger partial charge on any atom is 0.323 e. The molecular formula is C20H19FN4O2. The number of hydrogen-bond donors (Lipinski definition) is 1. The van der Waals surface area contributed by atoms with Gasteiger partial charge in [0.1, 0.15) is 5.82 Å². The third kappa shape index (κ3) is 3.76. The predicted molar refractivity (Wildman–Crippen MR) is 101 cm³/mol. The van der Waals surface area contributed by atoms with Crippen LogP contribution in [0.4, 0.5) is 20.7 Å². The Hall–Kier alpha value is -3.35. The van der Waals surface area contributed by atoms with Crippen LogP contribution in [-0.2, 0) is 0 Å². The van der Waals surface area contributed by atoms with Crippen LogP contribution in [0.15, 0.2) is 65.2 Å². The van der Waals surface area contributed by atoms with Crippen molar-refractivity contribution in [2.45, 2.75) is 0 Å². The topological polar surface area (TPSA) is 61.6 Å². The summed E-state index contributed by atoms with van der Waals surface area (Å²) >= 11 is 0. The van der Waals surface area contributed by atoms with Crippen LogP contribution in [0.25, 0.3) is 11.3 Å². The molecule has 1 fully saturated rings. The van der Waals surface area contributed by atoms with Gasteiger partial charge in [-0.25, -0.2) is 9.18 Å². The molecule has 6 nitrogen and oxygen atoms in total. The van der Waals surface area contributed by atoms with E-state index < -0.39 is 0 Å². The number of urea groups is 1. The quantitative estimate of drug-likeness (QED) is 0.765. The van der Waals surface area contributed by atoms with E-state index in [0.717, 1.165) is 5.56 Å². The summed E-state index contributed by atoms with van der Waals surface area (Å²) < 4.78 is 19.2. The zero-order valence-electron chi connectivity index (χ0n) is 14.6. The van der Waals surface area contributed by atoms with Gasteiger partial charge in [-0.05, 0) is 12.1 Å². The first kappa shape index (κ1) is 17.1. The number of aromatic nitrogens is 1. The van der Waals surface area contributed by atoms with Crippen LogP contribution in [-0.4, -0.2) is 42.3 Å². The van der Waals surface area contributed by atoms with Crippen LogP contribution >= 0.6 is 0 Å². The fourth-order valence-electron chi connectivity index (χ4n) is 3.12. The largest absolute Gasteiger partial charge is 0.366 e. The Bertz CT molecular complexity index is 920. The second-order valence-electron chi connectivity index (χ2n) is 6.30. The van der Waals surface area contributed by atoms with Gasteiger partial charge in [0.2, 0.25) is 0 Å². The Morgan fingerprint density at radius 2 is 1.70 bits per heavy atom. The molecule has 7 heteroatoms. The lowest BCUT2D eigenvalue weighted by Gasteiger charge is -2.35. The van der Waals surface area contributed by atoms with Gasteiger partial charge in [-0.1, -0.05) is 47.6 Å². The van der Waals surface area contributed by atoms with Gasteiger partial charge in [0, 0.05) is 37.8 Å². The molecule has 2 heterocycles. The molecule has 4 rings (SSSR count). The normalized spacial score (nSPS) is 14.3. The maximum absolute atomic E-state index is 13.9. The Labute approximate surface area is 156 Å². The molecule has 1 aliphatic heterocycles.